The van der Waals surface area contributed by atoms with Gasteiger partial charge < -0.3 is 4.57 Å². The summed E-state index contributed by atoms with van der Waals surface area (Å²) in [6.07, 6.45) is 4.27. The van der Waals surface area contributed by atoms with Crippen molar-refractivity contribution in [1.29, 1.82) is 0 Å². The average Bonchev–Trinajstić information content (AvgIpc) is 2.78. The third-order valence-corrected chi connectivity index (χ3v) is 5.21. The number of nitrogens with zero attached hydrogens (tertiary/aromatic N) is 3. The fourth-order valence-corrected chi connectivity index (χ4v) is 4.14. The zero-order valence-electron chi connectivity index (χ0n) is 10.6. The predicted molar refractivity (Wildman–Crippen MR) is 85.1 cm³/mol. The van der Waals surface area contributed by atoms with Crippen molar-refractivity contribution in [3.05, 3.63) is 22.6 Å². The molecule has 0 amide bonds. The van der Waals surface area contributed by atoms with Gasteiger partial charge in [0.05, 0.1) is 5.38 Å². The number of fused-ring (bicyclic) bond motifs is 1. The smallest absolute Gasteiger partial charge is 0.160 e. The van der Waals surface area contributed by atoms with Gasteiger partial charge in [0.1, 0.15) is 11.3 Å². The van der Waals surface area contributed by atoms with Gasteiger partial charge in [-0.2, -0.15) is 11.8 Å². The molecule has 2 unspecified atom stereocenters. The van der Waals surface area contributed by atoms with Crippen LogP contribution in [0.4, 0.5) is 0 Å². The largest absolute Gasteiger partial charge is 0.308 e. The van der Waals surface area contributed by atoms with E-state index in [9.17, 15) is 0 Å². The maximum atomic E-state index is 6.31. The summed E-state index contributed by atoms with van der Waals surface area (Å²) in [5, 5.41) is -0.0973. The Kier molecular flexibility index (Phi) is 4.06. The fourth-order valence-electron chi connectivity index (χ4n) is 2.54. The van der Waals surface area contributed by atoms with Gasteiger partial charge >= 0.3 is 0 Å². The van der Waals surface area contributed by atoms with E-state index in [1.807, 2.05) is 30.9 Å². The van der Waals surface area contributed by atoms with Crippen LogP contribution >= 0.6 is 39.3 Å². The zero-order chi connectivity index (χ0) is 13.4. The van der Waals surface area contributed by atoms with Crippen molar-refractivity contribution in [1.82, 2.24) is 14.5 Å². The first-order valence-electron chi connectivity index (χ1n) is 6.42. The number of imidazole rings is 1. The molecule has 2 atom stereocenters. The van der Waals surface area contributed by atoms with Crippen LogP contribution in [0.5, 0.6) is 0 Å². The summed E-state index contributed by atoms with van der Waals surface area (Å²) in [6.45, 7) is 1.98. The summed E-state index contributed by atoms with van der Waals surface area (Å²) in [4.78, 5) is 9.22. The van der Waals surface area contributed by atoms with Gasteiger partial charge in [-0.3, -0.25) is 0 Å². The van der Waals surface area contributed by atoms with E-state index in [2.05, 4.69) is 30.5 Å². The van der Waals surface area contributed by atoms with Crippen LogP contribution in [0, 0.1) is 0 Å². The van der Waals surface area contributed by atoms with E-state index in [1.54, 1.807) is 0 Å². The minimum absolute atomic E-state index is 0.0973. The number of pyridine rings is 1. The highest BCUT2D eigenvalue weighted by atomic mass is 79.9. The van der Waals surface area contributed by atoms with E-state index in [-0.39, 0.29) is 5.38 Å². The normalized spacial score (nSPS) is 21.7. The van der Waals surface area contributed by atoms with Crippen molar-refractivity contribution >= 4 is 50.5 Å². The minimum atomic E-state index is -0.0973. The van der Waals surface area contributed by atoms with Crippen LogP contribution in [0.3, 0.4) is 0 Å². The molecule has 0 saturated carbocycles. The molecule has 0 aliphatic carbocycles. The Morgan fingerprint density at radius 1 is 1.58 bits per heavy atom. The Balaban J connectivity index is 2.15. The molecule has 2 aromatic heterocycles. The standard InChI is InChI=1S/C13H15BrClN3S/c1-8(15)12-17-11-5-9(14)6-16-13(11)18(12)10-3-2-4-19-7-10/h5-6,8,10H,2-4,7H2,1H3. The topological polar surface area (TPSA) is 30.7 Å². The lowest BCUT2D eigenvalue weighted by molar-refractivity contribution is 0.491. The third kappa shape index (κ3) is 2.65. The molecule has 0 N–H and O–H groups in total. The lowest BCUT2D eigenvalue weighted by atomic mass is 10.2. The van der Waals surface area contributed by atoms with Crippen molar-refractivity contribution in [3.8, 4) is 0 Å². The second-order valence-electron chi connectivity index (χ2n) is 4.82. The van der Waals surface area contributed by atoms with E-state index >= 15 is 0 Å². The molecule has 0 aromatic carbocycles. The van der Waals surface area contributed by atoms with Gasteiger partial charge in [-0.15, -0.1) is 11.6 Å². The second-order valence-corrected chi connectivity index (χ2v) is 7.54. The van der Waals surface area contributed by atoms with Crippen LogP contribution in [0.1, 0.15) is 37.0 Å². The van der Waals surface area contributed by atoms with E-state index in [0.717, 1.165) is 27.2 Å². The van der Waals surface area contributed by atoms with E-state index in [4.69, 9.17) is 11.6 Å². The van der Waals surface area contributed by atoms with Crippen LogP contribution in [-0.2, 0) is 0 Å². The Labute approximate surface area is 130 Å². The molecule has 0 spiro atoms. The molecule has 3 heterocycles. The molecule has 0 bridgehead atoms. The van der Waals surface area contributed by atoms with Crippen LogP contribution in [0.25, 0.3) is 11.2 Å². The minimum Gasteiger partial charge on any atom is -0.308 e. The monoisotopic (exact) mass is 359 g/mol. The number of aromatic nitrogens is 3. The molecule has 3 rings (SSSR count). The first-order valence-corrected chi connectivity index (χ1v) is 8.80. The summed E-state index contributed by atoms with van der Waals surface area (Å²) in [7, 11) is 0. The van der Waals surface area contributed by atoms with Crippen LogP contribution in [0.2, 0.25) is 0 Å². The number of halogens is 2. The lowest BCUT2D eigenvalue weighted by Gasteiger charge is -2.25. The highest BCUT2D eigenvalue weighted by molar-refractivity contribution is 9.10. The summed E-state index contributed by atoms with van der Waals surface area (Å²) in [5.41, 5.74) is 1.88. The summed E-state index contributed by atoms with van der Waals surface area (Å²) < 4.78 is 3.21. The van der Waals surface area contributed by atoms with Crippen molar-refractivity contribution in [2.45, 2.75) is 31.2 Å². The molecule has 2 aromatic rings. The quantitative estimate of drug-likeness (QED) is 0.735. The molecule has 6 heteroatoms. The van der Waals surface area contributed by atoms with Gasteiger partial charge in [0.2, 0.25) is 0 Å². The molecular formula is C13H15BrClN3S. The summed E-state index contributed by atoms with van der Waals surface area (Å²) in [6, 6.07) is 2.48. The van der Waals surface area contributed by atoms with Gasteiger partial charge in [-0.05, 0) is 47.5 Å². The van der Waals surface area contributed by atoms with Gasteiger partial charge in [0.25, 0.3) is 0 Å². The maximum Gasteiger partial charge on any atom is 0.160 e. The zero-order valence-corrected chi connectivity index (χ0v) is 13.8. The van der Waals surface area contributed by atoms with E-state index in [0.29, 0.717) is 6.04 Å². The predicted octanol–water partition coefficient (Wildman–Crippen LogP) is 4.56. The van der Waals surface area contributed by atoms with E-state index < -0.39 is 0 Å². The van der Waals surface area contributed by atoms with Crippen LogP contribution in [0.15, 0.2) is 16.7 Å². The average molecular weight is 361 g/mol. The van der Waals surface area contributed by atoms with Crippen molar-refractivity contribution < 1.29 is 0 Å². The molecule has 1 fully saturated rings. The molecule has 1 aliphatic rings. The number of thioether (sulfide) groups is 1. The van der Waals surface area contributed by atoms with Gasteiger partial charge in [-0.1, -0.05) is 0 Å². The third-order valence-electron chi connectivity index (χ3n) is 3.38. The molecular weight excluding hydrogens is 346 g/mol. The van der Waals surface area contributed by atoms with Gasteiger partial charge in [-0.25, -0.2) is 9.97 Å². The van der Waals surface area contributed by atoms with Gasteiger partial charge in [0, 0.05) is 22.5 Å². The summed E-state index contributed by atoms with van der Waals surface area (Å²) in [5.74, 6) is 3.32. The molecule has 19 heavy (non-hydrogen) atoms. The Morgan fingerprint density at radius 2 is 2.42 bits per heavy atom. The van der Waals surface area contributed by atoms with Crippen LogP contribution < -0.4 is 0 Å². The summed E-state index contributed by atoms with van der Waals surface area (Å²) >= 11 is 11.8. The SMILES string of the molecule is CC(Cl)c1nc2cc(Br)cnc2n1C1CCCSC1. The Hall–Kier alpha value is -0.260. The fraction of sp³-hybridized carbons (Fsp3) is 0.538. The number of hydrogen-bond donors (Lipinski definition) is 0. The molecule has 102 valence electrons. The first-order chi connectivity index (χ1) is 9.16. The lowest BCUT2D eigenvalue weighted by Crippen LogP contribution is -2.19. The number of rotatable bonds is 2. The first kappa shape index (κ1) is 13.7. The van der Waals surface area contributed by atoms with Crippen molar-refractivity contribution in [2.75, 3.05) is 11.5 Å². The molecule has 1 aliphatic heterocycles. The van der Waals surface area contributed by atoms with Crippen molar-refractivity contribution in [2.24, 2.45) is 0 Å². The maximum absolute atomic E-state index is 6.31. The number of hydrogen-bond acceptors (Lipinski definition) is 3. The Bertz CT molecular complexity index is 593. The molecule has 0 radical (unpaired) electrons. The molecule has 3 nitrogen and oxygen atoms in total. The number of alkyl halides is 1. The van der Waals surface area contributed by atoms with Gasteiger partial charge in [0.15, 0.2) is 5.65 Å². The van der Waals surface area contributed by atoms with Crippen molar-refractivity contribution in [3.63, 3.8) is 0 Å². The highest BCUT2D eigenvalue weighted by Crippen LogP contribution is 2.34. The Morgan fingerprint density at radius 3 is 3.11 bits per heavy atom. The van der Waals surface area contributed by atoms with E-state index in [1.165, 1.54) is 18.6 Å². The highest BCUT2D eigenvalue weighted by Gasteiger charge is 2.24. The second kappa shape index (κ2) is 5.62. The molecule has 1 saturated heterocycles. The van der Waals surface area contributed by atoms with Crippen LogP contribution in [-0.4, -0.2) is 26.0 Å².